The van der Waals surface area contributed by atoms with Gasteiger partial charge in [0.2, 0.25) is 0 Å². The quantitative estimate of drug-likeness (QED) is 0.465. The molecule has 0 radical (unpaired) electrons. The molecule has 0 spiro atoms. The van der Waals surface area contributed by atoms with Crippen molar-refractivity contribution in [2.75, 3.05) is 32.9 Å². The maximum atomic E-state index is 11.7. The van der Waals surface area contributed by atoms with E-state index in [-0.39, 0.29) is 32.2 Å². The third-order valence-electron chi connectivity index (χ3n) is 2.68. The zero-order valence-corrected chi connectivity index (χ0v) is 9.91. The van der Waals surface area contributed by atoms with Crippen LogP contribution in [0.3, 0.4) is 0 Å². The summed E-state index contributed by atoms with van der Waals surface area (Å²) in [4.78, 5) is 23.5. The second-order valence-electron chi connectivity index (χ2n) is 3.98. The Morgan fingerprint density at radius 1 is 1.50 bits per heavy atom. The summed E-state index contributed by atoms with van der Waals surface area (Å²) in [5.41, 5.74) is 0. The van der Waals surface area contributed by atoms with Gasteiger partial charge < -0.3 is 30.3 Å². The second-order valence-corrected chi connectivity index (χ2v) is 3.98. The number of aliphatic carboxylic acids is 1. The Labute approximate surface area is 104 Å². The number of aliphatic hydroxyl groups is 2. The summed E-state index contributed by atoms with van der Waals surface area (Å²) < 4.78 is 5.13. The van der Waals surface area contributed by atoms with Gasteiger partial charge in [-0.05, 0) is 0 Å². The monoisotopic (exact) mass is 262 g/mol. The normalized spacial score (nSPS) is 21.4. The van der Waals surface area contributed by atoms with Crippen LogP contribution in [0.15, 0.2) is 0 Å². The van der Waals surface area contributed by atoms with E-state index < -0.39 is 18.1 Å². The number of hydrogen-bond acceptors (Lipinski definition) is 5. The minimum absolute atomic E-state index is 0.0573. The highest BCUT2D eigenvalue weighted by Crippen LogP contribution is 2.06. The van der Waals surface area contributed by atoms with Crippen molar-refractivity contribution < 1.29 is 29.6 Å². The van der Waals surface area contributed by atoms with Crippen LogP contribution in [-0.4, -0.2) is 77.3 Å². The van der Waals surface area contributed by atoms with Crippen LogP contribution >= 0.6 is 0 Å². The number of aliphatic hydroxyl groups excluding tert-OH is 2. The van der Waals surface area contributed by atoms with Crippen LogP contribution < -0.4 is 5.32 Å². The van der Waals surface area contributed by atoms with Gasteiger partial charge in [0.25, 0.3) is 0 Å². The lowest BCUT2D eigenvalue weighted by Gasteiger charge is -2.34. The molecule has 1 aliphatic heterocycles. The minimum atomic E-state index is -1.48. The molecule has 2 unspecified atom stereocenters. The highest BCUT2D eigenvalue weighted by molar-refractivity contribution is 5.75. The molecule has 0 saturated carbocycles. The van der Waals surface area contributed by atoms with E-state index in [0.717, 1.165) is 0 Å². The summed E-state index contributed by atoms with van der Waals surface area (Å²) in [6.45, 7) is 0.925. The molecule has 2 amide bonds. The Hall–Kier alpha value is -1.38. The van der Waals surface area contributed by atoms with Gasteiger partial charge in [0.05, 0.1) is 25.9 Å². The largest absolute Gasteiger partial charge is 0.479 e. The van der Waals surface area contributed by atoms with Crippen LogP contribution in [-0.2, 0) is 9.53 Å². The summed E-state index contributed by atoms with van der Waals surface area (Å²) in [6, 6.07) is -0.780. The first-order chi connectivity index (χ1) is 8.56. The molecule has 18 heavy (non-hydrogen) atoms. The lowest BCUT2D eigenvalue weighted by Crippen LogP contribution is -2.54. The number of ether oxygens (including phenoxy) is 1. The van der Waals surface area contributed by atoms with Crippen molar-refractivity contribution in [3.8, 4) is 0 Å². The van der Waals surface area contributed by atoms with Gasteiger partial charge in [0.15, 0.2) is 6.10 Å². The first kappa shape index (κ1) is 14.7. The molecule has 0 aromatic heterocycles. The van der Waals surface area contributed by atoms with Gasteiger partial charge in [0, 0.05) is 19.5 Å². The van der Waals surface area contributed by atoms with Crippen LogP contribution in [0.5, 0.6) is 0 Å². The molecule has 4 N–H and O–H groups in total. The number of urea groups is 1. The SMILES string of the molecule is O=C(O)C(O)CCNC(=O)N1CCOCC1CO. The van der Waals surface area contributed by atoms with Crippen molar-refractivity contribution in [3.05, 3.63) is 0 Å². The molecule has 2 atom stereocenters. The highest BCUT2D eigenvalue weighted by Gasteiger charge is 2.26. The molecule has 0 bridgehead atoms. The Morgan fingerprint density at radius 3 is 2.83 bits per heavy atom. The molecule has 1 rings (SSSR count). The fourth-order valence-corrected chi connectivity index (χ4v) is 1.61. The van der Waals surface area contributed by atoms with Crippen molar-refractivity contribution in [1.29, 1.82) is 0 Å². The topological polar surface area (TPSA) is 119 Å². The fourth-order valence-electron chi connectivity index (χ4n) is 1.61. The zero-order valence-electron chi connectivity index (χ0n) is 9.91. The average molecular weight is 262 g/mol. The third kappa shape index (κ3) is 4.13. The van der Waals surface area contributed by atoms with Gasteiger partial charge in [-0.1, -0.05) is 0 Å². The Kier molecular flexibility index (Phi) is 5.83. The van der Waals surface area contributed by atoms with E-state index in [0.29, 0.717) is 13.2 Å². The average Bonchev–Trinajstić information content (AvgIpc) is 2.38. The molecule has 0 aliphatic carbocycles. The summed E-state index contributed by atoms with van der Waals surface area (Å²) in [5.74, 6) is -1.32. The van der Waals surface area contributed by atoms with Crippen molar-refractivity contribution in [3.63, 3.8) is 0 Å². The van der Waals surface area contributed by atoms with Gasteiger partial charge in [-0.15, -0.1) is 0 Å². The molecule has 1 saturated heterocycles. The Bertz CT molecular complexity index is 298. The molecule has 104 valence electrons. The standard InChI is InChI=1S/C10H18N2O6/c13-5-7-6-18-4-3-12(7)10(17)11-2-1-8(14)9(15)16/h7-8,13-14H,1-6H2,(H,11,17)(H,15,16). The minimum Gasteiger partial charge on any atom is -0.479 e. The van der Waals surface area contributed by atoms with Crippen molar-refractivity contribution in [2.45, 2.75) is 18.6 Å². The van der Waals surface area contributed by atoms with Crippen molar-refractivity contribution >= 4 is 12.0 Å². The maximum Gasteiger partial charge on any atom is 0.332 e. The number of nitrogens with zero attached hydrogens (tertiary/aromatic N) is 1. The van der Waals surface area contributed by atoms with Crippen LogP contribution in [0, 0.1) is 0 Å². The molecular weight excluding hydrogens is 244 g/mol. The number of carboxylic acids is 1. The lowest BCUT2D eigenvalue weighted by molar-refractivity contribution is -0.146. The summed E-state index contributed by atoms with van der Waals surface area (Å²) in [5, 5.41) is 29.1. The molecule has 1 aliphatic rings. The van der Waals surface area contributed by atoms with E-state index in [2.05, 4.69) is 5.32 Å². The molecule has 8 nitrogen and oxygen atoms in total. The molecule has 1 fully saturated rings. The van der Waals surface area contributed by atoms with E-state index in [1.54, 1.807) is 0 Å². The van der Waals surface area contributed by atoms with Gasteiger partial charge in [-0.2, -0.15) is 0 Å². The number of nitrogens with one attached hydrogen (secondary N) is 1. The zero-order chi connectivity index (χ0) is 13.5. The first-order valence-corrected chi connectivity index (χ1v) is 5.70. The maximum absolute atomic E-state index is 11.7. The molecule has 8 heteroatoms. The number of hydrogen-bond donors (Lipinski definition) is 4. The summed E-state index contributed by atoms with van der Waals surface area (Å²) in [6.07, 6.45) is -1.54. The summed E-state index contributed by atoms with van der Waals surface area (Å²) >= 11 is 0. The number of carbonyl (C=O) groups excluding carboxylic acids is 1. The van der Waals surface area contributed by atoms with Crippen LogP contribution in [0.2, 0.25) is 0 Å². The fraction of sp³-hybridized carbons (Fsp3) is 0.800. The van der Waals surface area contributed by atoms with Gasteiger partial charge >= 0.3 is 12.0 Å². The van der Waals surface area contributed by atoms with E-state index in [4.69, 9.17) is 20.1 Å². The van der Waals surface area contributed by atoms with Gasteiger partial charge in [-0.25, -0.2) is 9.59 Å². The lowest BCUT2D eigenvalue weighted by atomic mass is 10.2. The smallest absolute Gasteiger partial charge is 0.332 e. The predicted molar refractivity (Wildman–Crippen MR) is 60.1 cm³/mol. The van der Waals surface area contributed by atoms with Gasteiger partial charge in [0.1, 0.15) is 0 Å². The predicted octanol–water partition coefficient (Wildman–Crippen LogP) is -1.78. The van der Waals surface area contributed by atoms with Crippen LogP contribution in [0.1, 0.15) is 6.42 Å². The van der Waals surface area contributed by atoms with Crippen molar-refractivity contribution in [1.82, 2.24) is 10.2 Å². The second kappa shape index (κ2) is 7.14. The highest BCUT2D eigenvalue weighted by atomic mass is 16.5. The number of carboxylic acid groups (broad SMARTS) is 1. The molecular formula is C10H18N2O6. The van der Waals surface area contributed by atoms with Crippen molar-refractivity contribution in [2.24, 2.45) is 0 Å². The number of rotatable bonds is 5. The van der Waals surface area contributed by atoms with Crippen LogP contribution in [0.25, 0.3) is 0 Å². The van der Waals surface area contributed by atoms with Crippen LogP contribution in [0.4, 0.5) is 4.79 Å². The van der Waals surface area contributed by atoms with E-state index in [1.807, 2.05) is 0 Å². The van der Waals surface area contributed by atoms with E-state index in [1.165, 1.54) is 4.90 Å². The third-order valence-corrected chi connectivity index (χ3v) is 2.68. The molecule has 1 heterocycles. The molecule has 0 aromatic rings. The summed E-state index contributed by atoms with van der Waals surface area (Å²) in [7, 11) is 0. The Morgan fingerprint density at radius 2 is 2.22 bits per heavy atom. The van der Waals surface area contributed by atoms with Gasteiger partial charge in [-0.3, -0.25) is 0 Å². The number of amides is 2. The van der Waals surface area contributed by atoms with E-state index >= 15 is 0 Å². The number of carbonyl (C=O) groups is 2. The van der Waals surface area contributed by atoms with E-state index in [9.17, 15) is 9.59 Å². The number of morpholine rings is 1. The Balaban J connectivity index is 2.33. The first-order valence-electron chi connectivity index (χ1n) is 5.70. The molecule has 0 aromatic carbocycles.